The molecule has 0 bridgehead atoms. The Bertz CT molecular complexity index is 201. The molecule has 15 heavy (non-hydrogen) atoms. The third-order valence-electron chi connectivity index (χ3n) is 2.79. The Labute approximate surface area is 92.0 Å². The molecule has 0 spiro atoms. The Balaban J connectivity index is 2.30. The third-order valence-corrected chi connectivity index (χ3v) is 2.79. The molecule has 0 aromatic heterocycles. The van der Waals surface area contributed by atoms with Gasteiger partial charge in [-0.3, -0.25) is 4.79 Å². The Morgan fingerprint density at radius 1 is 1.47 bits per heavy atom. The number of piperidine rings is 1. The zero-order valence-electron chi connectivity index (χ0n) is 9.95. The predicted octanol–water partition coefficient (Wildman–Crippen LogP) is 0.622. The molecule has 0 saturated carbocycles. The van der Waals surface area contributed by atoms with Gasteiger partial charge in [-0.25, -0.2) is 0 Å². The lowest BCUT2D eigenvalue weighted by atomic mass is 10.1. The van der Waals surface area contributed by atoms with Crippen molar-refractivity contribution in [3.05, 3.63) is 0 Å². The van der Waals surface area contributed by atoms with Crippen LogP contribution in [0.25, 0.3) is 0 Å². The van der Waals surface area contributed by atoms with E-state index < -0.39 is 0 Å². The molecule has 1 aliphatic heterocycles. The first kappa shape index (κ1) is 12.5. The summed E-state index contributed by atoms with van der Waals surface area (Å²) in [7, 11) is 1.88. The van der Waals surface area contributed by atoms with E-state index in [4.69, 9.17) is 4.74 Å². The van der Waals surface area contributed by atoms with E-state index in [1.54, 1.807) is 0 Å². The molecule has 0 aliphatic carbocycles. The number of rotatable bonds is 4. The van der Waals surface area contributed by atoms with E-state index in [1.165, 1.54) is 0 Å². The number of hydrogen-bond donors (Lipinski definition) is 1. The molecule has 1 heterocycles. The van der Waals surface area contributed by atoms with Gasteiger partial charge in [0.2, 0.25) is 5.91 Å². The highest BCUT2D eigenvalue weighted by molar-refractivity contribution is 5.77. The first-order valence-electron chi connectivity index (χ1n) is 5.69. The van der Waals surface area contributed by atoms with Crippen LogP contribution in [0.4, 0.5) is 0 Å². The average Bonchev–Trinajstić information content (AvgIpc) is 2.26. The van der Waals surface area contributed by atoms with E-state index in [2.05, 4.69) is 5.32 Å². The minimum absolute atomic E-state index is 0.0931. The summed E-state index contributed by atoms with van der Waals surface area (Å²) in [5.41, 5.74) is 0. The molecule has 1 fully saturated rings. The SMILES string of the molecule is CC(C)OCC(=O)N(C)C1CCNCC1. The third kappa shape index (κ3) is 4.18. The first-order valence-corrected chi connectivity index (χ1v) is 5.69. The van der Waals surface area contributed by atoms with Crippen LogP contribution in [0, 0.1) is 0 Å². The van der Waals surface area contributed by atoms with Crippen LogP contribution in [-0.4, -0.2) is 49.7 Å². The van der Waals surface area contributed by atoms with Gasteiger partial charge >= 0.3 is 0 Å². The average molecular weight is 214 g/mol. The van der Waals surface area contributed by atoms with Crippen molar-refractivity contribution < 1.29 is 9.53 Å². The molecule has 0 aromatic carbocycles. The van der Waals surface area contributed by atoms with E-state index in [0.29, 0.717) is 6.04 Å². The Kier molecular flexibility index (Phi) is 5.05. The minimum atomic E-state index is 0.0931. The molecule has 0 radical (unpaired) electrons. The Morgan fingerprint density at radius 2 is 2.07 bits per heavy atom. The monoisotopic (exact) mass is 214 g/mol. The summed E-state index contributed by atoms with van der Waals surface area (Å²) in [6, 6.07) is 0.384. The molecule has 0 unspecified atom stereocenters. The van der Waals surface area contributed by atoms with Crippen LogP contribution in [-0.2, 0) is 9.53 Å². The van der Waals surface area contributed by atoms with Crippen LogP contribution in [0.1, 0.15) is 26.7 Å². The van der Waals surface area contributed by atoms with Crippen molar-refractivity contribution in [1.29, 1.82) is 0 Å². The van der Waals surface area contributed by atoms with Crippen LogP contribution in [0.5, 0.6) is 0 Å². The molecule has 4 heteroatoms. The van der Waals surface area contributed by atoms with E-state index in [0.717, 1.165) is 25.9 Å². The van der Waals surface area contributed by atoms with Crippen molar-refractivity contribution in [1.82, 2.24) is 10.2 Å². The van der Waals surface area contributed by atoms with Crippen molar-refractivity contribution in [2.45, 2.75) is 38.8 Å². The smallest absolute Gasteiger partial charge is 0.248 e. The van der Waals surface area contributed by atoms with Gasteiger partial charge in [0.25, 0.3) is 0 Å². The Hall–Kier alpha value is -0.610. The van der Waals surface area contributed by atoms with E-state index in [1.807, 2.05) is 25.8 Å². The summed E-state index contributed by atoms with van der Waals surface area (Å²) in [4.78, 5) is 13.6. The normalized spacial score (nSPS) is 18.1. The highest BCUT2D eigenvalue weighted by Gasteiger charge is 2.21. The van der Waals surface area contributed by atoms with Gasteiger partial charge in [-0.15, -0.1) is 0 Å². The second-order valence-corrected chi connectivity index (χ2v) is 4.35. The molecule has 0 aromatic rings. The standard InChI is InChI=1S/C11H22N2O2/c1-9(2)15-8-11(14)13(3)10-4-6-12-7-5-10/h9-10,12H,4-8H2,1-3H3. The maximum atomic E-state index is 11.7. The largest absolute Gasteiger partial charge is 0.369 e. The number of carbonyl (C=O) groups is 1. The van der Waals surface area contributed by atoms with Crippen LogP contribution in [0.3, 0.4) is 0 Å². The van der Waals surface area contributed by atoms with Crippen molar-refractivity contribution in [2.24, 2.45) is 0 Å². The lowest BCUT2D eigenvalue weighted by molar-refractivity contribution is -0.138. The fourth-order valence-corrected chi connectivity index (χ4v) is 1.74. The molecule has 1 N–H and O–H groups in total. The van der Waals surface area contributed by atoms with E-state index in [-0.39, 0.29) is 18.6 Å². The number of amides is 1. The van der Waals surface area contributed by atoms with Crippen molar-refractivity contribution in [3.63, 3.8) is 0 Å². The highest BCUT2D eigenvalue weighted by atomic mass is 16.5. The molecule has 4 nitrogen and oxygen atoms in total. The molecule has 1 aliphatic rings. The molecule has 1 amide bonds. The van der Waals surface area contributed by atoms with Gasteiger partial charge < -0.3 is 15.0 Å². The number of carbonyl (C=O) groups excluding carboxylic acids is 1. The Morgan fingerprint density at radius 3 is 2.60 bits per heavy atom. The lowest BCUT2D eigenvalue weighted by Gasteiger charge is -2.31. The lowest BCUT2D eigenvalue weighted by Crippen LogP contribution is -2.45. The zero-order chi connectivity index (χ0) is 11.3. The van der Waals surface area contributed by atoms with Crippen molar-refractivity contribution in [3.8, 4) is 0 Å². The van der Waals surface area contributed by atoms with Gasteiger partial charge in [0.1, 0.15) is 6.61 Å². The van der Waals surface area contributed by atoms with E-state index >= 15 is 0 Å². The maximum absolute atomic E-state index is 11.7. The zero-order valence-corrected chi connectivity index (χ0v) is 9.95. The molecule has 1 saturated heterocycles. The van der Waals surface area contributed by atoms with Crippen LogP contribution < -0.4 is 5.32 Å². The van der Waals surface area contributed by atoms with Crippen LogP contribution >= 0.6 is 0 Å². The highest BCUT2D eigenvalue weighted by Crippen LogP contribution is 2.10. The summed E-state index contributed by atoms with van der Waals surface area (Å²) in [6.45, 7) is 6.11. The topological polar surface area (TPSA) is 41.6 Å². The quantitative estimate of drug-likeness (QED) is 0.746. The summed E-state index contributed by atoms with van der Waals surface area (Å²) < 4.78 is 5.31. The summed E-state index contributed by atoms with van der Waals surface area (Å²) >= 11 is 0. The number of nitrogens with zero attached hydrogens (tertiary/aromatic N) is 1. The van der Waals surface area contributed by atoms with Gasteiger partial charge in [0, 0.05) is 13.1 Å². The van der Waals surface area contributed by atoms with Crippen molar-refractivity contribution in [2.75, 3.05) is 26.7 Å². The summed E-state index contributed by atoms with van der Waals surface area (Å²) in [5.74, 6) is 0.0931. The number of likely N-dealkylation sites (N-methyl/N-ethyl adjacent to an activating group) is 1. The second kappa shape index (κ2) is 6.08. The van der Waals surface area contributed by atoms with Gasteiger partial charge in [-0.05, 0) is 39.8 Å². The fourth-order valence-electron chi connectivity index (χ4n) is 1.74. The van der Waals surface area contributed by atoms with Crippen molar-refractivity contribution >= 4 is 5.91 Å². The summed E-state index contributed by atoms with van der Waals surface area (Å²) in [6.07, 6.45) is 2.21. The van der Waals surface area contributed by atoms with E-state index in [9.17, 15) is 4.79 Å². The van der Waals surface area contributed by atoms with Crippen LogP contribution in [0.15, 0.2) is 0 Å². The first-order chi connectivity index (χ1) is 7.11. The van der Waals surface area contributed by atoms with Gasteiger partial charge in [0.05, 0.1) is 6.10 Å². The van der Waals surface area contributed by atoms with Gasteiger partial charge in [0.15, 0.2) is 0 Å². The van der Waals surface area contributed by atoms with Crippen LogP contribution in [0.2, 0.25) is 0 Å². The number of nitrogens with one attached hydrogen (secondary N) is 1. The van der Waals surface area contributed by atoms with Gasteiger partial charge in [-0.1, -0.05) is 0 Å². The summed E-state index contributed by atoms with van der Waals surface area (Å²) in [5, 5.41) is 3.29. The molecule has 1 rings (SSSR count). The number of hydrogen-bond acceptors (Lipinski definition) is 3. The molecule has 88 valence electrons. The maximum Gasteiger partial charge on any atom is 0.248 e. The fraction of sp³-hybridized carbons (Fsp3) is 0.909. The molecule has 0 atom stereocenters. The number of ether oxygens (including phenoxy) is 1. The minimum Gasteiger partial charge on any atom is -0.369 e. The second-order valence-electron chi connectivity index (χ2n) is 4.35. The van der Waals surface area contributed by atoms with Gasteiger partial charge in [-0.2, -0.15) is 0 Å². The molecular formula is C11H22N2O2. The molecular weight excluding hydrogens is 192 g/mol. The predicted molar refractivity (Wildman–Crippen MR) is 59.7 cm³/mol.